The number of esters is 1. The lowest BCUT2D eigenvalue weighted by Gasteiger charge is -2.10. The number of allylic oxidation sites excluding steroid dienone is 1. The van der Waals surface area contributed by atoms with Crippen molar-refractivity contribution >= 4 is 17.8 Å². The lowest BCUT2D eigenvalue weighted by atomic mass is 10.1. The van der Waals surface area contributed by atoms with Crippen LogP contribution in [0.5, 0.6) is 23.0 Å². The van der Waals surface area contributed by atoms with Gasteiger partial charge >= 0.3 is 5.97 Å². The lowest BCUT2D eigenvalue weighted by Crippen LogP contribution is -2.09. The largest absolute Gasteiger partial charge is 0.497 e. The average molecular weight is 418 g/mol. The summed E-state index contributed by atoms with van der Waals surface area (Å²) in [5, 5.41) is 0. The molecule has 0 N–H and O–H groups in total. The molecule has 0 atom stereocenters. The normalized spacial score (nSPS) is 10.5. The zero-order valence-electron chi connectivity index (χ0n) is 17.5. The number of para-hydroxylation sites is 1. The molecule has 0 saturated heterocycles. The number of benzene rings is 3. The minimum Gasteiger partial charge on any atom is -0.497 e. The second-order valence-electron chi connectivity index (χ2n) is 6.42. The fraction of sp³-hybridized carbons (Fsp3) is 0.120. The Morgan fingerprint density at radius 2 is 1.39 bits per heavy atom. The molecule has 31 heavy (non-hydrogen) atoms. The third-order valence-electron chi connectivity index (χ3n) is 4.53. The number of carbonyl (C=O) groups is 2. The van der Waals surface area contributed by atoms with E-state index in [0.717, 1.165) is 0 Å². The maximum atomic E-state index is 12.6. The van der Waals surface area contributed by atoms with E-state index >= 15 is 0 Å². The Bertz CT molecular complexity index is 1100. The minimum absolute atomic E-state index is 0.177. The zero-order chi connectivity index (χ0) is 22.2. The molecule has 0 radical (unpaired) electrons. The molecule has 0 aliphatic carbocycles. The number of methoxy groups -OCH3 is 3. The van der Waals surface area contributed by atoms with Crippen molar-refractivity contribution in [2.75, 3.05) is 21.3 Å². The van der Waals surface area contributed by atoms with E-state index in [4.69, 9.17) is 18.9 Å². The Balaban J connectivity index is 1.77. The summed E-state index contributed by atoms with van der Waals surface area (Å²) < 4.78 is 21.1. The highest BCUT2D eigenvalue weighted by atomic mass is 16.5. The van der Waals surface area contributed by atoms with E-state index in [1.54, 1.807) is 79.9 Å². The monoisotopic (exact) mass is 418 g/mol. The summed E-state index contributed by atoms with van der Waals surface area (Å²) in [5.74, 6) is 1.22. The number of carbonyl (C=O) groups excluding carboxylic acids is 2. The van der Waals surface area contributed by atoms with Gasteiger partial charge in [-0.05, 0) is 60.7 Å². The summed E-state index contributed by atoms with van der Waals surface area (Å²) in [7, 11) is 4.58. The van der Waals surface area contributed by atoms with Crippen molar-refractivity contribution in [2.45, 2.75) is 0 Å². The quantitative estimate of drug-likeness (QED) is 0.226. The number of rotatable bonds is 8. The van der Waals surface area contributed by atoms with Gasteiger partial charge < -0.3 is 18.9 Å². The molecule has 0 fully saturated rings. The van der Waals surface area contributed by atoms with Gasteiger partial charge in [0.1, 0.15) is 11.5 Å². The molecule has 0 spiro atoms. The SMILES string of the molecule is COc1ccc(C(=O)C=Cc2ccccc2OC(=O)c2ccc(OC)c(OC)c2)cc1. The van der Waals surface area contributed by atoms with Crippen LogP contribution in [0.4, 0.5) is 0 Å². The van der Waals surface area contributed by atoms with Gasteiger partial charge in [0.05, 0.1) is 26.9 Å². The average Bonchev–Trinajstić information content (AvgIpc) is 2.82. The molecule has 0 heterocycles. The van der Waals surface area contributed by atoms with Crippen LogP contribution in [0.25, 0.3) is 6.08 Å². The van der Waals surface area contributed by atoms with Crippen LogP contribution >= 0.6 is 0 Å². The summed E-state index contributed by atoms with van der Waals surface area (Å²) >= 11 is 0. The third kappa shape index (κ3) is 5.30. The number of ketones is 1. The smallest absolute Gasteiger partial charge is 0.343 e. The van der Waals surface area contributed by atoms with E-state index in [9.17, 15) is 9.59 Å². The van der Waals surface area contributed by atoms with Crippen LogP contribution in [0, 0.1) is 0 Å². The summed E-state index contributed by atoms with van der Waals surface area (Å²) in [6.45, 7) is 0. The van der Waals surface area contributed by atoms with E-state index in [-0.39, 0.29) is 5.78 Å². The van der Waals surface area contributed by atoms with Gasteiger partial charge in [0.2, 0.25) is 0 Å². The first-order chi connectivity index (χ1) is 15.0. The predicted molar refractivity (Wildman–Crippen MR) is 117 cm³/mol. The maximum absolute atomic E-state index is 12.6. The Labute approximate surface area is 180 Å². The van der Waals surface area contributed by atoms with Crippen molar-refractivity contribution in [2.24, 2.45) is 0 Å². The molecule has 158 valence electrons. The summed E-state index contributed by atoms with van der Waals surface area (Å²) in [4.78, 5) is 25.1. The Morgan fingerprint density at radius 1 is 0.710 bits per heavy atom. The molecule has 3 aromatic carbocycles. The second kappa shape index (κ2) is 10.1. The molecule has 0 amide bonds. The van der Waals surface area contributed by atoms with Crippen molar-refractivity contribution < 1.29 is 28.5 Å². The highest BCUT2D eigenvalue weighted by Crippen LogP contribution is 2.28. The molecule has 0 aliphatic rings. The fourth-order valence-corrected chi connectivity index (χ4v) is 2.85. The summed E-state index contributed by atoms with van der Waals surface area (Å²) in [6.07, 6.45) is 3.05. The third-order valence-corrected chi connectivity index (χ3v) is 4.53. The molecule has 0 unspecified atom stereocenters. The van der Waals surface area contributed by atoms with Gasteiger partial charge in [-0.25, -0.2) is 4.79 Å². The topological polar surface area (TPSA) is 71.1 Å². The predicted octanol–water partition coefficient (Wildman–Crippen LogP) is 4.83. The van der Waals surface area contributed by atoms with Gasteiger partial charge in [-0.2, -0.15) is 0 Å². The van der Waals surface area contributed by atoms with Crippen LogP contribution in [0.1, 0.15) is 26.3 Å². The number of ether oxygens (including phenoxy) is 4. The summed E-state index contributed by atoms with van der Waals surface area (Å²) in [6, 6.07) is 18.6. The Morgan fingerprint density at radius 3 is 2.06 bits per heavy atom. The van der Waals surface area contributed by atoms with Gasteiger partial charge in [0.25, 0.3) is 0 Å². The van der Waals surface area contributed by atoms with Crippen LogP contribution < -0.4 is 18.9 Å². The van der Waals surface area contributed by atoms with Gasteiger partial charge in [-0.3, -0.25) is 4.79 Å². The van der Waals surface area contributed by atoms with E-state index < -0.39 is 5.97 Å². The number of hydrogen-bond acceptors (Lipinski definition) is 6. The van der Waals surface area contributed by atoms with Crippen molar-refractivity contribution in [3.63, 3.8) is 0 Å². The van der Waals surface area contributed by atoms with E-state index in [0.29, 0.717) is 39.7 Å². The molecule has 6 heteroatoms. The van der Waals surface area contributed by atoms with Crippen LogP contribution in [0.15, 0.2) is 72.8 Å². The molecule has 0 saturated carbocycles. The van der Waals surface area contributed by atoms with Crippen molar-refractivity contribution in [1.29, 1.82) is 0 Å². The minimum atomic E-state index is -0.553. The van der Waals surface area contributed by atoms with Crippen LogP contribution in [0.2, 0.25) is 0 Å². The van der Waals surface area contributed by atoms with Crippen molar-refractivity contribution in [1.82, 2.24) is 0 Å². The first-order valence-corrected chi connectivity index (χ1v) is 9.45. The zero-order valence-corrected chi connectivity index (χ0v) is 17.5. The van der Waals surface area contributed by atoms with E-state index in [1.807, 2.05) is 0 Å². The first kappa shape index (κ1) is 21.6. The number of hydrogen-bond donors (Lipinski definition) is 0. The Hall–Kier alpha value is -4.06. The van der Waals surface area contributed by atoms with Crippen molar-refractivity contribution in [3.8, 4) is 23.0 Å². The van der Waals surface area contributed by atoms with Crippen molar-refractivity contribution in [3.05, 3.63) is 89.5 Å². The van der Waals surface area contributed by atoms with Crippen LogP contribution in [0.3, 0.4) is 0 Å². The van der Waals surface area contributed by atoms with E-state index in [1.165, 1.54) is 20.3 Å². The molecule has 6 nitrogen and oxygen atoms in total. The van der Waals surface area contributed by atoms with Crippen LogP contribution in [-0.2, 0) is 0 Å². The van der Waals surface area contributed by atoms with Gasteiger partial charge in [0.15, 0.2) is 17.3 Å². The molecular weight excluding hydrogens is 396 g/mol. The highest BCUT2D eigenvalue weighted by Gasteiger charge is 2.14. The van der Waals surface area contributed by atoms with Gasteiger partial charge in [-0.1, -0.05) is 18.2 Å². The standard InChI is InChI=1S/C25H22O6/c1-28-20-12-8-17(9-13-20)21(26)14-10-18-6-4-5-7-22(18)31-25(27)19-11-15-23(29-2)24(16-19)30-3/h4-16H,1-3H3. The summed E-state index contributed by atoms with van der Waals surface area (Å²) in [5.41, 5.74) is 1.43. The Kier molecular flexibility index (Phi) is 7.06. The van der Waals surface area contributed by atoms with Crippen LogP contribution in [-0.4, -0.2) is 33.1 Å². The molecule has 3 aromatic rings. The van der Waals surface area contributed by atoms with E-state index in [2.05, 4.69) is 0 Å². The molecule has 0 aliphatic heterocycles. The van der Waals surface area contributed by atoms with Gasteiger partial charge in [-0.15, -0.1) is 0 Å². The first-order valence-electron chi connectivity index (χ1n) is 9.45. The molecule has 0 aromatic heterocycles. The second-order valence-corrected chi connectivity index (χ2v) is 6.42. The van der Waals surface area contributed by atoms with Gasteiger partial charge in [0, 0.05) is 11.1 Å². The molecule has 0 bridgehead atoms. The maximum Gasteiger partial charge on any atom is 0.343 e. The lowest BCUT2D eigenvalue weighted by molar-refractivity contribution is 0.0733. The molecular formula is C25H22O6. The highest BCUT2D eigenvalue weighted by molar-refractivity contribution is 6.07. The fourth-order valence-electron chi connectivity index (χ4n) is 2.85. The molecule has 3 rings (SSSR count).